The van der Waals surface area contributed by atoms with Crippen molar-refractivity contribution in [1.29, 1.82) is 0 Å². The van der Waals surface area contributed by atoms with Crippen LogP contribution in [0.25, 0.3) is 0 Å². The molecular formula is C10H18N3O13P3S. The number of nitrogens with two attached hydrogens (primary N) is 1. The second kappa shape index (κ2) is 9.48. The summed E-state index contributed by atoms with van der Waals surface area (Å²) in [5, 5.41) is 10.3. The van der Waals surface area contributed by atoms with E-state index < -0.39 is 59.2 Å². The molecule has 0 radical (unpaired) electrons. The smallest absolute Gasteiger partial charge is 0.387 e. The summed E-state index contributed by atoms with van der Waals surface area (Å²) in [5.74, 6) is -0.0484. The zero-order valence-corrected chi connectivity index (χ0v) is 18.4. The lowest BCUT2D eigenvalue weighted by molar-refractivity contribution is -0.0609. The maximum Gasteiger partial charge on any atom is 0.488 e. The monoisotopic (exact) mass is 513 g/mol. The molecule has 1 saturated heterocycles. The van der Waals surface area contributed by atoms with Gasteiger partial charge in [-0.3, -0.25) is 4.57 Å². The predicted octanol–water partition coefficient (Wildman–Crippen LogP) is -1.44. The normalized spacial score (nSPS) is 28.7. The van der Waals surface area contributed by atoms with E-state index in [1.165, 1.54) is 19.4 Å². The van der Waals surface area contributed by atoms with Crippen LogP contribution in [0.4, 0.5) is 5.82 Å². The topological polar surface area (TPSA) is 242 Å². The minimum atomic E-state index is -5.49. The number of aromatic nitrogens is 2. The third-order valence-electron chi connectivity index (χ3n) is 3.53. The fraction of sp³-hybridized carbons (Fsp3) is 0.600. The number of hydrogen-bond acceptors (Lipinski definition) is 12. The Kier molecular flexibility index (Phi) is 8.11. The minimum Gasteiger partial charge on any atom is -0.387 e. The van der Waals surface area contributed by atoms with Gasteiger partial charge in [0.15, 0.2) is 6.23 Å². The number of nitrogens with zero attached hydrogens (tertiary/aromatic N) is 2. The van der Waals surface area contributed by atoms with Crippen LogP contribution in [-0.4, -0.2) is 66.3 Å². The van der Waals surface area contributed by atoms with Crippen molar-refractivity contribution in [2.24, 2.45) is 0 Å². The number of hydrogen-bond donors (Lipinski definition) is 6. The van der Waals surface area contributed by atoms with Crippen molar-refractivity contribution in [2.45, 2.75) is 24.5 Å². The van der Waals surface area contributed by atoms with E-state index in [9.17, 15) is 28.8 Å². The highest BCUT2D eigenvalue weighted by atomic mass is 32.5. The summed E-state index contributed by atoms with van der Waals surface area (Å²) in [7, 11) is -9.71. The zero-order valence-electron chi connectivity index (χ0n) is 14.9. The van der Waals surface area contributed by atoms with E-state index in [4.69, 9.17) is 29.5 Å². The first-order valence-electron chi connectivity index (χ1n) is 7.63. The van der Waals surface area contributed by atoms with Crippen LogP contribution in [0.1, 0.15) is 6.23 Å². The summed E-state index contributed by atoms with van der Waals surface area (Å²) in [6.07, 6.45) is -3.73. The Morgan fingerprint density at radius 3 is 2.47 bits per heavy atom. The Morgan fingerprint density at radius 2 is 1.93 bits per heavy atom. The van der Waals surface area contributed by atoms with E-state index in [0.29, 0.717) is 0 Å². The van der Waals surface area contributed by atoms with Crippen LogP contribution in [0.2, 0.25) is 0 Å². The van der Waals surface area contributed by atoms with Gasteiger partial charge in [-0.2, -0.15) is 9.29 Å². The maximum atomic E-state index is 12.0. The summed E-state index contributed by atoms with van der Waals surface area (Å²) in [6, 6.07) is 1.30. The lowest BCUT2D eigenvalue weighted by Crippen LogP contribution is -2.37. The molecule has 0 saturated carbocycles. The Morgan fingerprint density at radius 1 is 1.30 bits per heavy atom. The molecule has 6 atom stereocenters. The van der Waals surface area contributed by atoms with Gasteiger partial charge in [0, 0.05) is 13.3 Å². The first-order chi connectivity index (χ1) is 13.6. The molecule has 20 heteroatoms. The van der Waals surface area contributed by atoms with Crippen molar-refractivity contribution in [3.05, 3.63) is 22.7 Å². The number of rotatable bonds is 9. The minimum absolute atomic E-state index is 0.0484. The third-order valence-corrected chi connectivity index (χ3v) is 8.25. The number of phosphoric acid groups is 2. The highest BCUT2D eigenvalue weighted by molar-refractivity contribution is 8.08. The molecule has 1 aromatic heterocycles. The number of ether oxygens (including phenoxy) is 2. The number of nitrogen functional groups attached to an aromatic ring is 1. The summed E-state index contributed by atoms with van der Waals surface area (Å²) in [6.45, 7) is -5.32. The quantitative estimate of drug-likeness (QED) is 0.207. The highest BCUT2D eigenvalue weighted by Crippen LogP contribution is 2.66. The van der Waals surface area contributed by atoms with Gasteiger partial charge in [0.25, 0.3) is 0 Å². The zero-order chi connectivity index (χ0) is 22.9. The fourth-order valence-corrected chi connectivity index (χ4v) is 6.40. The molecule has 0 aliphatic carbocycles. The van der Waals surface area contributed by atoms with Crippen LogP contribution in [0.5, 0.6) is 0 Å². The molecule has 16 nitrogen and oxygen atoms in total. The Bertz CT molecular complexity index is 968. The van der Waals surface area contributed by atoms with Crippen LogP contribution in [0.15, 0.2) is 17.1 Å². The van der Waals surface area contributed by atoms with Crippen LogP contribution in [0.3, 0.4) is 0 Å². The molecule has 1 aliphatic heterocycles. The number of aliphatic hydroxyl groups excluding tert-OH is 1. The van der Waals surface area contributed by atoms with Gasteiger partial charge in [-0.25, -0.2) is 18.2 Å². The van der Waals surface area contributed by atoms with Gasteiger partial charge in [0.2, 0.25) is 0 Å². The van der Waals surface area contributed by atoms with Crippen molar-refractivity contribution >= 4 is 40.0 Å². The second-order valence-electron chi connectivity index (χ2n) is 5.69. The first kappa shape index (κ1) is 25.6. The van der Waals surface area contributed by atoms with Gasteiger partial charge in [-0.15, -0.1) is 0 Å². The largest absolute Gasteiger partial charge is 0.488 e. The van der Waals surface area contributed by atoms with Gasteiger partial charge in [0.1, 0.15) is 24.1 Å². The summed E-state index contributed by atoms with van der Waals surface area (Å²) in [4.78, 5) is 51.7. The van der Waals surface area contributed by atoms with Crippen LogP contribution in [0, 0.1) is 0 Å². The molecule has 30 heavy (non-hydrogen) atoms. The Labute approximate surface area is 173 Å². The molecule has 1 fully saturated rings. The van der Waals surface area contributed by atoms with Crippen LogP contribution in [-0.2, 0) is 43.6 Å². The van der Waals surface area contributed by atoms with E-state index in [0.717, 1.165) is 4.57 Å². The highest BCUT2D eigenvalue weighted by Gasteiger charge is 2.47. The second-order valence-corrected chi connectivity index (χ2v) is 11.5. The third kappa shape index (κ3) is 6.95. The molecule has 172 valence electrons. The number of anilines is 1. The summed E-state index contributed by atoms with van der Waals surface area (Å²) >= 11 is 4.48. The number of aliphatic hydroxyl groups is 1. The van der Waals surface area contributed by atoms with Crippen molar-refractivity contribution in [2.75, 3.05) is 19.5 Å². The molecule has 0 bridgehead atoms. The van der Waals surface area contributed by atoms with Crippen molar-refractivity contribution in [1.82, 2.24) is 9.55 Å². The standard InChI is InChI=1S/C10H18N3O13P3S/c1-22-8-7(14)5(24-9(8)13-3-2-6(11)12-10(13)15)4-23-29(21,30)26-28(19,20)25-27(16,17)18/h2-3,5,7-9,14H,4H2,1H3,(H,19,20)(H,21,30)(H2,11,12,15)(H2,16,17,18). The first-order valence-corrected chi connectivity index (χ1v) is 13.2. The average molecular weight is 513 g/mol. The van der Waals surface area contributed by atoms with Gasteiger partial charge in [0.05, 0.1) is 6.61 Å². The van der Waals surface area contributed by atoms with Crippen molar-refractivity contribution in [3.63, 3.8) is 0 Å². The van der Waals surface area contributed by atoms with Gasteiger partial charge >= 0.3 is 28.1 Å². The maximum absolute atomic E-state index is 12.0. The summed E-state index contributed by atoms with van der Waals surface area (Å²) < 4.78 is 46.1. The molecule has 2 heterocycles. The molecule has 2 rings (SSSR count). The van der Waals surface area contributed by atoms with Crippen LogP contribution < -0.4 is 11.4 Å². The lowest BCUT2D eigenvalue weighted by atomic mass is 10.1. The van der Waals surface area contributed by atoms with E-state index in [2.05, 4.69) is 25.4 Å². The summed E-state index contributed by atoms with van der Waals surface area (Å²) in [5.41, 5.74) is 4.61. The SMILES string of the molecule is COC1C(O)C(COP(O)(=S)OP(=O)(O)OP(=O)(O)O)OC1n1ccc(N)nc1=O. The van der Waals surface area contributed by atoms with Gasteiger partial charge in [-0.05, 0) is 17.9 Å². The molecule has 1 aliphatic rings. The fourth-order valence-electron chi connectivity index (χ4n) is 2.43. The Hall–Kier alpha value is -0.610. The molecule has 7 N–H and O–H groups in total. The average Bonchev–Trinajstić information content (AvgIpc) is 2.85. The van der Waals surface area contributed by atoms with Crippen LogP contribution >= 0.6 is 22.4 Å². The van der Waals surface area contributed by atoms with Crippen molar-refractivity contribution in [3.8, 4) is 0 Å². The molecular weight excluding hydrogens is 495 g/mol. The van der Waals surface area contributed by atoms with E-state index >= 15 is 0 Å². The molecule has 0 amide bonds. The predicted molar refractivity (Wildman–Crippen MR) is 100 cm³/mol. The molecule has 0 aromatic carbocycles. The van der Waals surface area contributed by atoms with E-state index in [1.54, 1.807) is 0 Å². The van der Waals surface area contributed by atoms with E-state index in [-0.39, 0.29) is 5.82 Å². The van der Waals surface area contributed by atoms with E-state index in [1.807, 2.05) is 0 Å². The lowest BCUT2D eigenvalue weighted by Gasteiger charge is -2.21. The molecule has 1 aromatic rings. The van der Waals surface area contributed by atoms with Gasteiger partial charge in [-0.1, -0.05) is 0 Å². The van der Waals surface area contributed by atoms with Gasteiger partial charge < -0.3 is 44.4 Å². The molecule has 6 unspecified atom stereocenters. The van der Waals surface area contributed by atoms with Crippen molar-refractivity contribution < 1.29 is 56.4 Å². The number of methoxy groups -OCH3 is 1. The Balaban J connectivity index is 2.09. The molecule has 0 spiro atoms.